The third kappa shape index (κ3) is 5.09. The van der Waals surface area contributed by atoms with Crippen LogP contribution in [0.1, 0.15) is 32.7 Å². The summed E-state index contributed by atoms with van der Waals surface area (Å²) in [7, 11) is 1.50. The standard InChI is InChI=1S/C24H25N3O5/c1-14-8-7-11-18(15(14)2)26-24(30)27-21(28)13-32-23(29)22-16(3)17-9-5-6-10-19(17)25-20(22)12-31-4/h5-11H,12-13H2,1-4H3,(H2,26,27,28,30). The average Bonchev–Trinajstić information content (AvgIpc) is 2.76. The lowest BCUT2D eigenvalue weighted by molar-refractivity contribution is -0.123. The van der Waals surface area contributed by atoms with Gasteiger partial charge in [0.2, 0.25) is 0 Å². The third-order valence-corrected chi connectivity index (χ3v) is 5.15. The Balaban J connectivity index is 1.67. The lowest BCUT2D eigenvalue weighted by atomic mass is 10.0. The summed E-state index contributed by atoms with van der Waals surface area (Å²) in [6.45, 7) is 5.08. The highest BCUT2D eigenvalue weighted by molar-refractivity contribution is 6.03. The number of hydrogen-bond donors (Lipinski definition) is 2. The molecule has 0 radical (unpaired) electrons. The van der Waals surface area contributed by atoms with E-state index in [0.29, 0.717) is 16.9 Å². The SMILES string of the molecule is COCc1nc2ccccc2c(C)c1C(=O)OCC(=O)NC(=O)Nc1cccc(C)c1C. The Morgan fingerprint density at radius 3 is 2.47 bits per heavy atom. The fourth-order valence-corrected chi connectivity index (χ4v) is 3.36. The van der Waals surface area contributed by atoms with Crippen LogP contribution in [0, 0.1) is 20.8 Å². The zero-order chi connectivity index (χ0) is 23.3. The van der Waals surface area contributed by atoms with E-state index in [1.165, 1.54) is 7.11 Å². The number of urea groups is 1. The molecule has 32 heavy (non-hydrogen) atoms. The molecular formula is C24H25N3O5. The first-order valence-corrected chi connectivity index (χ1v) is 10.0. The Kier molecular flexibility index (Phi) is 7.17. The second-order valence-electron chi connectivity index (χ2n) is 7.33. The number of nitrogens with zero attached hydrogens (tertiary/aromatic N) is 1. The largest absolute Gasteiger partial charge is 0.452 e. The van der Waals surface area contributed by atoms with Gasteiger partial charge in [-0.1, -0.05) is 30.3 Å². The van der Waals surface area contributed by atoms with Crippen LogP contribution in [-0.4, -0.2) is 36.6 Å². The Hall–Kier alpha value is -3.78. The Labute approximate surface area is 185 Å². The molecule has 1 aromatic heterocycles. The van der Waals surface area contributed by atoms with Crippen LogP contribution in [0.3, 0.4) is 0 Å². The number of rotatable bonds is 6. The van der Waals surface area contributed by atoms with Gasteiger partial charge in [-0.15, -0.1) is 0 Å². The molecule has 0 saturated heterocycles. The van der Waals surface area contributed by atoms with Gasteiger partial charge in [-0.25, -0.2) is 14.6 Å². The van der Waals surface area contributed by atoms with E-state index in [9.17, 15) is 14.4 Å². The van der Waals surface area contributed by atoms with Crippen molar-refractivity contribution in [1.82, 2.24) is 10.3 Å². The van der Waals surface area contributed by atoms with Crippen molar-refractivity contribution in [2.45, 2.75) is 27.4 Å². The summed E-state index contributed by atoms with van der Waals surface area (Å²) >= 11 is 0. The van der Waals surface area contributed by atoms with Gasteiger partial charge in [0.1, 0.15) is 0 Å². The summed E-state index contributed by atoms with van der Waals surface area (Å²) in [6.07, 6.45) is 0. The molecule has 3 aromatic rings. The number of esters is 1. The van der Waals surface area contributed by atoms with Crippen LogP contribution in [0.2, 0.25) is 0 Å². The maximum Gasteiger partial charge on any atom is 0.340 e. The molecule has 0 aliphatic heterocycles. The number of carbonyl (C=O) groups is 3. The van der Waals surface area contributed by atoms with Crippen molar-refractivity contribution in [3.63, 3.8) is 0 Å². The van der Waals surface area contributed by atoms with E-state index in [1.807, 2.05) is 44.2 Å². The van der Waals surface area contributed by atoms with Crippen LogP contribution in [0.4, 0.5) is 10.5 Å². The van der Waals surface area contributed by atoms with Crippen LogP contribution < -0.4 is 10.6 Å². The smallest absolute Gasteiger partial charge is 0.340 e. The quantitative estimate of drug-likeness (QED) is 0.570. The van der Waals surface area contributed by atoms with Crippen molar-refractivity contribution in [1.29, 1.82) is 0 Å². The number of anilines is 1. The molecule has 166 valence electrons. The topological polar surface area (TPSA) is 107 Å². The molecule has 0 aliphatic carbocycles. The van der Waals surface area contributed by atoms with E-state index >= 15 is 0 Å². The summed E-state index contributed by atoms with van der Waals surface area (Å²) in [4.78, 5) is 41.5. The van der Waals surface area contributed by atoms with Crippen molar-refractivity contribution in [2.75, 3.05) is 19.0 Å². The van der Waals surface area contributed by atoms with Crippen LogP contribution in [0.15, 0.2) is 42.5 Å². The van der Waals surface area contributed by atoms with Gasteiger partial charge in [-0.05, 0) is 49.6 Å². The fourth-order valence-electron chi connectivity index (χ4n) is 3.36. The summed E-state index contributed by atoms with van der Waals surface area (Å²) in [5.41, 5.74) is 4.57. The maximum atomic E-state index is 12.8. The molecule has 8 heteroatoms. The minimum atomic E-state index is -0.749. The van der Waals surface area contributed by atoms with Gasteiger partial charge in [-0.2, -0.15) is 0 Å². The molecule has 0 bridgehead atoms. The highest BCUT2D eigenvalue weighted by Crippen LogP contribution is 2.24. The van der Waals surface area contributed by atoms with Gasteiger partial charge in [0, 0.05) is 18.2 Å². The first-order chi connectivity index (χ1) is 15.3. The number of pyridine rings is 1. The predicted molar refractivity (Wildman–Crippen MR) is 121 cm³/mol. The predicted octanol–water partition coefficient (Wildman–Crippen LogP) is 3.81. The number of fused-ring (bicyclic) bond motifs is 1. The Morgan fingerprint density at radius 1 is 0.969 bits per heavy atom. The van der Waals surface area contributed by atoms with Crippen molar-refractivity contribution in [3.05, 3.63) is 70.4 Å². The zero-order valence-electron chi connectivity index (χ0n) is 18.4. The Morgan fingerprint density at radius 2 is 1.72 bits per heavy atom. The summed E-state index contributed by atoms with van der Waals surface area (Å²) in [5, 5.41) is 5.58. The molecule has 8 nitrogen and oxygen atoms in total. The first kappa shape index (κ1) is 22.9. The minimum Gasteiger partial charge on any atom is -0.452 e. The van der Waals surface area contributed by atoms with Gasteiger partial charge in [0.15, 0.2) is 6.61 Å². The zero-order valence-corrected chi connectivity index (χ0v) is 18.4. The first-order valence-electron chi connectivity index (χ1n) is 10.0. The highest BCUT2D eigenvalue weighted by atomic mass is 16.5. The van der Waals surface area contributed by atoms with Crippen molar-refractivity contribution in [2.24, 2.45) is 0 Å². The Bertz CT molecular complexity index is 1190. The molecule has 3 rings (SSSR count). The normalized spacial score (nSPS) is 10.6. The number of para-hydroxylation sites is 1. The van der Waals surface area contributed by atoms with Crippen LogP contribution in [0.5, 0.6) is 0 Å². The molecule has 0 spiro atoms. The minimum absolute atomic E-state index is 0.112. The fraction of sp³-hybridized carbons (Fsp3) is 0.250. The number of hydrogen-bond acceptors (Lipinski definition) is 6. The van der Waals surface area contributed by atoms with Crippen LogP contribution in [-0.2, 0) is 20.9 Å². The molecule has 0 unspecified atom stereocenters. The van der Waals surface area contributed by atoms with Crippen molar-refractivity contribution < 1.29 is 23.9 Å². The van der Waals surface area contributed by atoms with E-state index in [1.54, 1.807) is 19.1 Å². The summed E-state index contributed by atoms with van der Waals surface area (Å²) in [5.74, 6) is -1.46. The van der Waals surface area contributed by atoms with Crippen molar-refractivity contribution in [3.8, 4) is 0 Å². The molecule has 2 aromatic carbocycles. The monoisotopic (exact) mass is 435 g/mol. The number of amides is 3. The molecule has 3 amide bonds. The van der Waals surface area contributed by atoms with E-state index < -0.39 is 24.5 Å². The number of carbonyl (C=O) groups excluding carboxylic acids is 3. The molecule has 1 heterocycles. The highest BCUT2D eigenvalue weighted by Gasteiger charge is 2.21. The van der Waals surface area contributed by atoms with Crippen LogP contribution in [0.25, 0.3) is 10.9 Å². The number of benzene rings is 2. The van der Waals surface area contributed by atoms with E-state index in [4.69, 9.17) is 9.47 Å². The van der Waals surface area contributed by atoms with E-state index in [0.717, 1.165) is 22.0 Å². The van der Waals surface area contributed by atoms with Gasteiger partial charge in [0.05, 0.1) is 23.4 Å². The molecule has 0 fully saturated rings. The summed E-state index contributed by atoms with van der Waals surface area (Å²) < 4.78 is 10.3. The lowest BCUT2D eigenvalue weighted by Gasteiger charge is -2.14. The van der Waals surface area contributed by atoms with Gasteiger partial charge in [-0.3, -0.25) is 10.1 Å². The van der Waals surface area contributed by atoms with Gasteiger partial charge >= 0.3 is 12.0 Å². The number of nitrogens with one attached hydrogen (secondary N) is 2. The molecular weight excluding hydrogens is 410 g/mol. The van der Waals surface area contributed by atoms with Crippen molar-refractivity contribution >= 4 is 34.5 Å². The van der Waals surface area contributed by atoms with E-state index in [2.05, 4.69) is 15.6 Å². The van der Waals surface area contributed by atoms with E-state index in [-0.39, 0.29) is 12.2 Å². The number of aryl methyl sites for hydroxylation is 2. The lowest BCUT2D eigenvalue weighted by Crippen LogP contribution is -2.37. The third-order valence-electron chi connectivity index (χ3n) is 5.15. The second kappa shape index (κ2) is 10.0. The average molecular weight is 435 g/mol. The molecule has 0 aliphatic rings. The number of imide groups is 1. The van der Waals surface area contributed by atoms with Crippen LogP contribution >= 0.6 is 0 Å². The maximum absolute atomic E-state index is 12.8. The molecule has 0 atom stereocenters. The summed E-state index contributed by atoms with van der Waals surface area (Å²) in [6, 6.07) is 12.2. The van der Waals surface area contributed by atoms with Gasteiger partial charge < -0.3 is 14.8 Å². The number of ether oxygens (including phenoxy) is 2. The number of methoxy groups -OCH3 is 1. The molecule has 2 N–H and O–H groups in total. The number of aromatic nitrogens is 1. The molecule has 0 saturated carbocycles. The second-order valence-corrected chi connectivity index (χ2v) is 7.33. The van der Waals surface area contributed by atoms with Gasteiger partial charge in [0.25, 0.3) is 5.91 Å².